The fourth-order valence-electron chi connectivity index (χ4n) is 2.90. The summed E-state index contributed by atoms with van der Waals surface area (Å²) in [5, 5.41) is 12.6. The Labute approximate surface area is 154 Å². The second kappa shape index (κ2) is 9.56. The molecule has 0 saturated carbocycles. The maximum atomic E-state index is 4.63. The van der Waals surface area contributed by atoms with Gasteiger partial charge in [0.1, 0.15) is 0 Å². The highest BCUT2D eigenvalue weighted by molar-refractivity contribution is 7.11. The fourth-order valence-corrected chi connectivity index (χ4v) is 3.76. The summed E-state index contributed by atoms with van der Waals surface area (Å²) in [7, 11) is 3.83. The van der Waals surface area contributed by atoms with Crippen LogP contribution in [0.3, 0.4) is 0 Å². The van der Waals surface area contributed by atoms with Gasteiger partial charge in [-0.1, -0.05) is 20.8 Å². The number of aliphatic imine (C=N–C) groups is 1. The van der Waals surface area contributed by atoms with Gasteiger partial charge >= 0.3 is 0 Å². The molecule has 2 aromatic heterocycles. The number of rotatable bonds is 8. The lowest BCUT2D eigenvalue weighted by Crippen LogP contribution is -2.38. The van der Waals surface area contributed by atoms with Crippen molar-refractivity contribution in [2.75, 3.05) is 13.6 Å². The van der Waals surface area contributed by atoms with E-state index in [0.717, 1.165) is 50.4 Å². The summed E-state index contributed by atoms with van der Waals surface area (Å²) in [6.07, 6.45) is 5.88. The molecule has 2 heterocycles. The molecule has 2 aromatic rings. The van der Waals surface area contributed by atoms with Crippen molar-refractivity contribution in [1.82, 2.24) is 25.4 Å². The Morgan fingerprint density at radius 1 is 1.20 bits per heavy atom. The Kier molecular flexibility index (Phi) is 7.43. The van der Waals surface area contributed by atoms with Gasteiger partial charge in [-0.05, 0) is 19.3 Å². The smallest absolute Gasteiger partial charge is 0.191 e. The lowest BCUT2D eigenvalue weighted by atomic mass is 10.1. The first-order chi connectivity index (χ1) is 12.1. The Hall–Kier alpha value is -1.89. The van der Waals surface area contributed by atoms with Gasteiger partial charge < -0.3 is 10.6 Å². The van der Waals surface area contributed by atoms with Crippen LogP contribution in [-0.4, -0.2) is 34.3 Å². The summed E-state index contributed by atoms with van der Waals surface area (Å²) < 4.78 is 2.00. The molecule has 0 saturated heterocycles. The first kappa shape index (κ1) is 19.4. The van der Waals surface area contributed by atoms with Gasteiger partial charge in [-0.3, -0.25) is 9.67 Å². The van der Waals surface area contributed by atoms with E-state index in [1.54, 1.807) is 18.4 Å². The molecule has 0 radical (unpaired) electrons. The van der Waals surface area contributed by atoms with E-state index in [1.165, 1.54) is 21.1 Å². The molecule has 7 heteroatoms. The second-order valence-corrected chi connectivity index (χ2v) is 7.08. The van der Waals surface area contributed by atoms with E-state index in [2.05, 4.69) is 46.5 Å². The Bertz CT molecular complexity index is 700. The van der Waals surface area contributed by atoms with Gasteiger partial charge in [0.05, 0.1) is 10.7 Å². The molecule has 2 rings (SSSR count). The standard InChI is InChI=1S/C18H30N6S/c1-6-13-11-21-17(25-13)9-10-20-18(19-4)22-12-14-15(7-2)23-24(5)16(14)8-3/h11H,6-10,12H2,1-5H3,(H2,19,20,22). The summed E-state index contributed by atoms with van der Waals surface area (Å²) in [4.78, 5) is 10.1. The fraction of sp³-hybridized carbons (Fsp3) is 0.611. The normalized spacial score (nSPS) is 11.8. The van der Waals surface area contributed by atoms with Crippen LogP contribution in [-0.2, 0) is 39.3 Å². The van der Waals surface area contributed by atoms with Crippen molar-refractivity contribution in [3.8, 4) is 0 Å². The summed E-state index contributed by atoms with van der Waals surface area (Å²) in [6.45, 7) is 8.05. The van der Waals surface area contributed by atoms with Crippen molar-refractivity contribution in [2.45, 2.75) is 53.0 Å². The number of nitrogens with zero attached hydrogens (tertiary/aromatic N) is 4. The second-order valence-electron chi connectivity index (χ2n) is 5.88. The maximum absolute atomic E-state index is 4.63. The highest BCUT2D eigenvalue weighted by Gasteiger charge is 2.13. The summed E-state index contributed by atoms with van der Waals surface area (Å²) in [5.41, 5.74) is 3.75. The molecule has 0 unspecified atom stereocenters. The van der Waals surface area contributed by atoms with E-state index in [-0.39, 0.29) is 0 Å². The van der Waals surface area contributed by atoms with Crippen molar-refractivity contribution in [3.05, 3.63) is 33.0 Å². The maximum Gasteiger partial charge on any atom is 0.191 e. The molecule has 0 aliphatic heterocycles. The molecule has 0 aromatic carbocycles. The van der Waals surface area contributed by atoms with Crippen molar-refractivity contribution in [2.24, 2.45) is 12.0 Å². The van der Waals surface area contributed by atoms with E-state index < -0.39 is 0 Å². The third-order valence-electron chi connectivity index (χ3n) is 4.27. The number of guanidine groups is 1. The average molecular weight is 363 g/mol. The van der Waals surface area contributed by atoms with Gasteiger partial charge in [-0.15, -0.1) is 11.3 Å². The minimum Gasteiger partial charge on any atom is -0.356 e. The minimum absolute atomic E-state index is 0.747. The first-order valence-electron chi connectivity index (χ1n) is 9.04. The lowest BCUT2D eigenvalue weighted by Gasteiger charge is -2.12. The van der Waals surface area contributed by atoms with Crippen molar-refractivity contribution >= 4 is 17.3 Å². The Morgan fingerprint density at radius 2 is 2.00 bits per heavy atom. The quantitative estimate of drug-likeness (QED) is 0.559. The number of aryl methyl sites for hydroxylation is 3. The van der Waals surface area contributed by atoms with Crippen molar-refractivity contribution in [1.29, 1.82) is 0 Å². The zero-order valence-electron chi connectivity index (χ0n) is 16.0. The number of hydrogen-bond acceptors (Lipinski definition) is 4. The van der Waals surface area contributed by atoms with E-state index >= 15 is 0 Å². The van der Waals surface area contributed by atoms with Crippen LogP contribution in [0.2, 0.25) is 0 Å². The van der Waals surface area contributed by atoms with Crippen molar-refractivity contribution < 1.29 is 0 Å². The molecule has 6 nitrogen and oxygen atoms in total. The molecule has 138 valence electrons. The average Bonchev–Trinajstić information content (AvgIpc) is 3.21. The summed E-state index contributed by atoms with van der Waals surface area (Å²) in [5.74, 6) is 0.820. The Morgan fingerprint density at radius 3 is 2.60 bits per heavy atom. The molecule has 0 fully saturated rings. The third-order valence-corrected chi connectivity index (χ3v) is 5.47. The number of aromatic nitrogens is 3. The highest BCUT2D eigenvalue weighted by Crippen LogP contribution is 2.15. The zero-order valence-corrected chi connectivity index (χ0v) is 16.8. The summed E-state index contributed by atoms with van der Waals surface area (Å²) >= 11 is 1.79. The van der Waals surface area contributed by atoms with Gasteiger partial charge in [0.25, 0.3) is 0 Å². The van der Waals surface area contributed by atoms with Crippen LogP contribution < -0.4 is 10.6 Å². The molecule has 0 bridgehead atoms. The largest absolute Gasteiger partial charge is 0.356 e. The van der Waals surface area contributed by atoms with Crippen LogP contribution in [0.25, 0.3) is 0 Å². The Balaban J connectivity index is 1.88. The molecular weight excluding hydrogens is 332 g/mol. The molecular formula is C18H30N6S. The van der Waals surface area contributed by atoms with Crippen LogP contribution >= 0.6 is 11.3 Å². The van der Waals surface area contributed by atoms with Crippen LogP contribution in [0.15, 0.2) is 11.2 Å². The van der Waals surface area contributed by atoms with Crippen LogP contribution in [0, 0.1) is 0 Å². The predicted molar refractivity (Wildman–Crippen MR) is 105 cm³/mol. The first-order valence-corrected chi connectivity index (χ1v) is 9.86. The molecule has 0 atom stereocenters. The monoisotopic (exact) mass is 362 g/mol. The van der Waals surface area contributed by atoms with E-state index in [0.29, 0.717) is 0 Å². The van der Waals surface area contributed by atoms with Crippen LogP contribution in [0.4, 0.5) is 0 Å². The number of nitrogens with one attached hydrogen (secondary N) is 2. The molecule has 0 spiro atoms. The van der Waals surface area contributed by atoms with E-state index in [9.17, 15) is 0 Å². The molecule has 0 amide bonds. The van der Waals surface area contributed by atoms with Gasteiger partial charge in [0, 0.05) is 55.9 Å². The molecule has 0 aliphatic carbocycles. The summed E-state index contributed by atoms with van der Waals surface area (Å²) in [6, 6.07) is 0. The van der Waals surface area contributed by atoms with Gasteiger partial charge in [0.15, 0.2) is 5.96 Å². The van der Waals surface area contributed by atoms with Gasteiger partial charge in [0.2, 0.25) is 0 Å². The zero-order chi connectivity index (χ0) is 18.2. The minimum atomic E-state index is 0.747. The lowest BCUT2D eigenvalue weighted by molar-refractivity contribution is 0.702. The molecule has 2 N–H and O–H groups in total. The van der Waals surface area contributed by atoms with Crippen molar-refractivity contribution in [3.63, 3.8) is 0 Å². The van der Waals surface area contributed by atoms with Crippen LogP contribution in [0.1, 0.15) is 47.6 Å². The van der Waals surface area contributed by atoms with E-state index in [4.69, 9.17) is 0 Å². The number of thiazole rings is 1. The SMILES string of the molecule is CCc1cnc(CCNC(=NC)NCc2c(CC)nn(C)c2CC)s1. The van der Waals surface area contributed by atoms with E-state index in [1.807, 2.05) is 17.9 Å². The molecule has 0 aliphatic rings. The van der Waals surface area contributed by atoms with Gasteiger partial charge in [-0.2, -0.15) is 5.10 Å². The van der Waals surface area contributed by atoms with Gasteiger partial charge in [-0.25, -0.2) is 4.98 Å². The predicted octanol–water partition coefficient (Wildman–Crippen LogP) is 2.47. The van der Waals surface area contributed by atoms with Crippen LogP contribution in [0.5, 0.6) is 0 Å². The highest BCUT2D eigenvalue weighted by atomic mass is 32.1. The number of hydrogen-bond donors (Lipinski definition) is 2. The third kappa shape index (κ3) is 5.04. The molecule has 25 heavy (non-hydrogen) atoms. The topological polar surface area (TPSA) is 67.1 Å².